The fraction of sp³-hybridized carbons (Fsp3) is 0.387. The summed E-state index contributed by atoms with van der Waals surface area (Å²) in [7, 11) is 3.31. The average Bonchev–Trinajstić information content (AvgIpc) is 3.54. The average molecular weight is 489 g/mol. The van der Waals surface area contributed by atoms with Crippen molar-refractivity contribution in [3.63, 3.8) is 0 Å². The molecule has 36 heavy (non-hydrogen) atoms. The molecule has 190 valence electrons. The number of ether oxygens (including phenoxy) is 4. The maximum absolute atomic E-state index is 12.8. The van der Waals surface area contributed by atoms with Crippen LogP contribution in [0, 0.1) is 17.8 Å². The standard InChI is InChI=1S/C31H36O5/c1-21-27(28(21)29(32)36-30(2,3)4)20-35-31(22-10-8-7-9-11-22,23-12-16-25(33-5)17-13-23)24-14-18-26(34-6)19-15-24/h7-19,21,27-28H,20H2,1-6H3. The molecule has 3 aromatic rings. The summed E-state index contributed by atoms with van der Waals surface area (Å²) in [4.78, 5) is 12.8. The molecule has 3 atom stereocenters. The van der Waals surface area contributed by atoms with Gasteiger partial charge in [0.15, 0.2) is 0 Å². The number of carbonyl (C=O) groups excluding carboxylic acids is 1. The highest BCUT2D eigenvalue weighted by atomic mass is 16.6. The summed E-state index contributed by atoms with van der Waals surface area (Å²) in [6, 6.07) is 26.1. The molecule has 1 saturated carbocycles. The lowest BCUT2D eigenvalue weighted by atomic mass is 9.80. The van der Waals surface area contributed by atoms with Crippen LogP contribution >= 0.6 is 0 Å². The molecule has 4 rings (SSSR count). The lowest BCUT2D eigenvalue weighted by Crippen LogP contribution is -2.34. The van der Waals surface area contributed by atoms with Crippen LogP contribution in [0.25, 0.3) is 0 Å². The number of hydrogen-bond acceptors (Lipinski definition) is 5. The van der Waals surface area contributed by atoms with Gasteiger partial charge in [0.2, 0.25) is 0 Å². The summed E-state index contributed by atoms with van der Waals surface area (Å²) >= 11 is 0. The minimum Gasteiger partial charge on any atom is -0.497 e. The van der Waals surface area contributed by atoms with Gasteiger partial charge in [-0.25, -0.2) is 0 Å². The Balaban J connectivity index is 1.74. The second-order valence-corrected chi connectivity index (χ2v) is 10.4. The first-order chi connectivity index (χ1) is 17.2. The molecule has 0 N–H and O–H groups in total. The second-order valence-electron chi connectivity index (χ2n) is 10.4. The van der Waals surface area contributed by atoms with Gasteiger partial charge in [-0.2, -0.15) is 0 Å². The number of hydrogen-bond donors (Lipinski definition) is 0. The third-order valence-corrected chi connectivity index (χ3v) is 6.91. The van der Waals surface area contributed by atoms with Gasteiger partial charge in [0.25, 0.3) is 0 Å². The lowest BCUT2D eigenvalue weighted by molar-refractivity contribution is -0.157. The van der Waals surface area contributed by atoms with Crippen molar-refractivity contribution in [2.24, 2.45) is 17.8 Å². The van der Waals surface area contributed by atoms with Crippen LogP contribution in [-0.4, -0.2) is 32.4 Å². The van der Waals surface area contributed by atoms with Crippen molar-refractivity contribution in [2.75, 3.05) is 20.8 Å². The van der Waals surface area contributed by atoms with E-state index in [9.17, 15) is 4.79 Å². The molecule has 0 bridgehead atoms. The molecule has 3 unspecified atom stereocenters. The van der Waals surface area contributed by atoms with Crippen molar-refractivity contribution in [1.29, 1.82) is 0 Å². The largest absolute Gasteiger partial charge is 0.497 e. The van der Waals surface area contributed by atoms with Gasteiger partial charge in [-0.3, -0.25) is 4.79 Å². The second kappa shape index (κ2) is 10.4. The molecule has 0 radical (unpaired) electrons. The molecule has 5 heteroatoms. The number of benzene rings is 3. The molecule has 0 amide bonds. The van der Waals surface area contributed by atoms with E-state index in [4.69, 9.17) is 18.9 Å². The Kier molecular flexibility index (Phi) is 7.41. The lowest BCUT2D eigenvalue weighted by Gasteiger charge is -2.36. The van der Waals surface area contributed by atoms with Crippen molar-refractivity contribution in [3.8, 4) is 11.5 Å². The Morgan fingerprint density at radius 3 is 1.67 bits per heavy atom. The van der Waals surface area contributed by atoms with Crippen LogP contribution in [0.1, 0.15) is 44.4 Å². The Morgan fingerprint density at radius 2 is 1.22 bits per heavy atom. The molecule has 3 aromatic carbocycles. The van der Waals surface area contributed by atoms with E-state index in [1.54, 1.807) is 14.2 Å². The predicted octanol–water partition coefficient (Wildman–Crippen LogP) is 6.24. The molecule has 0 spiro atoms. The summed E-state index contributed by atoms with van der Waals surface area (Å²) < 4.78 is 23.5. The van der Waals surface area contributed by atoms with Gasteiger partial charge in [-0.15, -0.1) is 0 Å². The van der Waals surface area contributed by atoms with Crippen molar-refractivity contribution in [2.45, 2.75) is 38.9 Å². The first-order valence-electron chi connectivity index (χ1n) is 12.4. The van der Waals surface area contributed by atoms with Gasteiger partial charge in [0.1, 0.15) is 22.7 Å². The van der Waals surface area contributed by atoms with Crippen molar-refractivity contribution in [1.82, 2.24) is 0 Å². The SMILES string of the molecule is COc1ccc(C(OCC2C(C)C2C(=O)OC(C)(C)C)(c2ccccc2)c2ccc(OC)cc2)cc1. The summed E-state index contributed by atoms with van der Waals surface area (Å²) in [5, 5.41) is 0. The molecule has 0 heterocycles. The van der Waals surface area contributed by atoms with Crippen LogP contribution in [0.4, 0.5) is 0 Å². The molecule has 5 nitrogen and oxygen atoms in total. The topological polar surface area (TPSA) is 54.0 Å². The molecule has 0 saturated heterocycles. The zero-order valence-electron chi connectivity index (χ0n) is 22.0. The number of esters is 1. The maximum Gasteiger partial charge on any atom is 0.310 e. The molecule has 0 aliphatic heterocycles. The fourth-order valence-electron chi connectivity index (χ4n) is 4.86. The molecular formula is C31H36O5. The molecule has 1 aliphatic carbocycles. The first-order valence-corrected chi connectivity index (χ1v) is 12.4. The minimum atomic E-state index is -0.888. The van der Waals surface area contributed by atoms with E-state index in [-0.39, 0.29) is 23.7 Å². The van der Waals surface area contributed by atoms with Gasteiger partial charge in [0, 0.05) is 0 Å². The third kappa shape index (κ3) is 5.26. The van der Waals surface area contributed by atoms with Crippen molar-refractivity contribution < 1.29 is 23.7 Å². The highest BCUT2D eigenvalue weighted by Crippen LogP contribution is 2.50. The highest BCUT2D eigenvalue weighted by Gasteiger charge is 2.54. The van der Waals surface area contributed by atoms with Gasteiger partial charge < -0.3 is 18.9 Å². The summed E-state index contributed by atoms with van der Waals surface area (Å²) in [6.07, 6.45) is 0. The van der Waals surface area contributed by atoms with Crippen LogP contribution in [0.3, 0.4) is 0 Å². The monoisotopic (exact) mass is 488 g/mol. The summed E-state index contributed by atoms with van der Waals surface area (Å²) in [5.41, 5.74) is 1.55. The van der Waals surface area contributed by atoms with Gasteiger partial charge in [-0.1, -0.05) is 61.5 Å². The highest BCUT2D eigenvalue weighted by molar-refractivity contribution is 5.76. The number of carbonyl (C=O) groups is 1. The van der Waals surface area contributed by atoms with E-state index in [1.165, 1.54) is 0 Å². The summed E-state index contributed by atoms with van der Waals surface area (Å²) in [5.74, 6) is 1.51. The minimum absolute atomic E-state index is 0.0828. The van der Waals surface area contributed by atoms with Crippen molar-refractivity contribution in [3.05, 3.63) is 95.6 Å². The zero-order chi connectivity index (χ0) is 25.9. The van der Waals surface area contributed by atoms with Crippen LogP contribution in [0.5, 0.6) is 11.5 Å². The number of rotatable bonds is 9. The van der Waals surface area contributed by atoms with Gasteiger partial charge in [0.05, 0.1) is 26.7 Å². The molecular weight excluding hydrogens is 452 g/mol. The van der Waals surface area contributed by atoms with Crippen molar-refractivity contribution >= 4 is 5.97 Å². The quantitative estimate of drug-likeness (QED) is 0.264. The number of methoxy groups -OCH3 is 2. The van der Waals surface area contributed by atoms with Gasteiger partial charge in [-0.05, 0) is 73.6 Å². The van der Waals surface area contributed by atoms with Crippen LogP contribution < -0.4 is 9.47 Å². The Morgan fingerprint density at radius 1 is 0.750 bits per heavy atom. The Hall–Kier alpha value is -3.31. The summed E-state index contributed by atoms with van der Waals surface area (Å²) in [6.45, 7) is 8.21. The Bertz CT molecular complexity index is 1100. The van der Waals surface area contributed by atoms with Crippen LogP contribution in [-0.2, 0) is 19.9 Å². The van der Waals surface area contributed by atoms with E-state index >= 15 is 0 Å². The van der Waals surface area contributed by atoms with Crippen LogP contribution in [0.2, 0.25) is 0 Å². The fourth-order valence-corrected chi connectivity index (χ4v) is 4.86. The molecule has 1 fully saturated rings. The maximum atomic E-state index is 12.8. The van der Waals surface area contributed by atoms with Gasteiger partial charge >= 0.3 is 5.97 Å². The van der Waals surface area contributed by atoms with E-state index in [1.807, 2.05) is 87.5 Å². The van der Waals surface area contributed by atoms with E-state index in [2.05, 4.69) is 19.1 Å². The van der Waals surface area contributed by atoms with E-state index in [0.29, 0.717) is 6.61 Å². The Labute approximate surface area is 214 Å². The van der Waals surface area contributed by atoms with Crippen LogP contribution in [0.15, 0.2) is 78.9 Å². The third-order valence-electron chi connectivity index (χ3n) is 6.91. The normalized spacial score (nSPS) is 19.4. The molecule has 0 aromatic heterocycles. The predicted molar refractivity (Wildman–Crippen MR) is 140 cm³/mol. The zero-order valence-corrected chi connectivity index (χ0v) is 22.0. The smallest absolute Gasteiger partial charge is 0.310 e. The first kappa shape index (κ1) is 25.8. The van der Waals surface area contributed by atoms with E-state index < -0.39 is 11.2 Å². The molecule has 1 aliphatic rings. The van der Waals surface area contributed by atoms with E-state index in [0.717, 1.165) is 28.2 Å².